The highest BCUT2D eigenvalue weighted by Crippen LogP contribution is 2.40. The molecule has 1 amide bonds. The van der Waals surface area contributed by atoms with E-state index in [9.17, 15) is 4.79 Å². The molecule has 170 valence electrons. The Kier molecular flexibility index (Phi) is 7.37. The van der Waals surface area contributed by atoms with Gasteiger partial charge < -0.3 is 9.47 Å². The molecule has 34 heavy (non-hydrogen) atoms. The van der Waals surface area contributed by atoms with E-state index in [1.807, 2.05) is 55.5 Å². The number of benzene rings is 3. The quantitative estimate of drug-likeness (QED) is 0.254. The van der Waals surface area contributed by atoms with E-state index in [0.29, 0.717) is 37.4 Å². The first kappa shape index (κ1) is 24.0. The number of methoxy groups -OCH3 is 1. The summed E-state index contributed by atoms with van der Waals surface area (Å²) in [6.07, 6.45) is 1.80. The molecule has 1 saturated heterocycles. The van der Waals surface area contributed by atoms with Gasteiger partial charge >= 0.3 is 0 Å². The first-order chi connectivity index (χ1) is 16.4. The lowest BCUT2D eigenvalue weighted by Gasteiger charge is -2.16. The Morgan fingerprint density at radius 3 is 2.59 bits per heavy atom. The van der Waals surface area contributed by atoms with Crippen molar-refractivity contribution < 1.29 is 14.3 Å². The molecule has 0 atom stereocenters. The summed E-state index contributed by atoms with van der Waals surface area (Å²) in [7, 11) is 1.57. The Bertz CT molecular complexity index is 1350. The number of carbonyl (C=O) groups excluding carboxylic acids is 1. The number of hydrogen-bond donors (Lipinski definition) is 0. The van der Waals surface area contributed by atoms with Crippen molar-refractivity contribution in [3.8, 4) is 17.6 Å². The number of ether oxygens (including phenoxy) is 2. The SMILES string of the molecule is COc1cc(/C=C2/SC(=S)N(c3ccccc3C)C2=O)cc(Br)c1OCc1ccc(C#N)cc1. The normalized spacial score (nSPS) is 14.4. The number of thiocarbonyl (C=S) groups is 1. The Labute approximate surface area is 216 Å². The number of aryl methyl sites for hydroxylation is 1. The van der Waals surface area contributed by atoms with Crippen LogP contribution < -0.4 is 14.4 Å². The number of carbonyl (C=O) groups is 1. The van der Waals surface area contributed by atoms with E-state index in [-0.39, 0.29) is 5.91 Å². The molecule has 1 aliphatic heterocycles. The van der Waals surface area contributed by atoms with Crippen LogP contribution in [0.4, 0.5) is 5.69 Å². The minimum Gasteiger partial charge on any atom is -0.493 e. The number of thioether (sulfide) groups is 1. The van der Waals surface area contributed by atoms with E-state index in [0.717, 1.165) is 22.4 Å². The molecule has 0 spiro atoms. The highest BCUT2D eigenvalue weighted by atomic mass is 79.9. The monoisotopic (exact) mass is 550 g/mol. The molecule has 0 bridgehead atoms. The molecule has 1 fully saturated rings. The summed E-state index contributed by atoms with van der Waals surface area (Å²) in [6.45, 7) is 2.27. The molecule has 3 aromatic carbocycles. The first-order valence-corrected chi connectivity index (χ1v) is 12.3. The number of amides is 1. The third kappa shape index (κ3) is 5.02. The third-order valence-electron chi connectivity index (χ3n) is 5.17. The van der Waals surface area contributed by atoms with Crippen LogP contribution in [0.2, 0.25) is 0 Å². The van der Waals surface area contributed by atoms with E-state index < -0.39 is 0 Å². The van der Waals surface area contributed by atoms with Crippen molar-refractivity contribution >= 4 is 61.9 Å². The van der Waals surface area contributed by atoms with Gasteiger partial charge in [-0.3, -0.25) is 9.69 Å². The summed E-state index contributed by atoms with van der Waals surface area (Å²) in [5.41, 5.74) is 4.07. The number of anilines is 1. The van der Waals surface area contributed by atoms with Gasteiger partial charge in [0.1, 0.15) is 6.61 Å². The van der Waals surface area contributed by atoms with Crippen LogP contribution in [0.25, 0.3) is 6.08 Å². The standard InChI is InChI=1S/C26H19BrN2O3S2/c1-16-5-3-4-6-21(16)29-25(30)23(34-26(29)33)13-19-11-20(27)24(22(12-19)31-2)32-15-18-9-7-17(14-28)8-10-18/h3-13H,15H2,1-2H3/b23-13+. The zero-order chi connectivity index (χ0) is 24.2. The van der Waals surface area contributed by atoms with Gasteiger partial charge in [0.05, 0.1) is 33.8 Å². The van der Waals surface area contributed by atoms with Gasteiger partial charge in [-0.15, -0.1) is 0 Å². The van der Waals surface area contributed by atoms with Crippen molar-refractivity contribution in [3.05, 3.63) is 92.3 Å². The Hall–Kier alpha value is -3.12. The first-order valence-electron chi connectivity index (χ1n) is 10.2. The second-order valence-corrected chi connectivity index (χ2v) is 9.97. The lowest BCUT2D eigenvalue weighted by atomic mass is 10.1. The molecule has 3 aromatic rings. The van der Waals surface area contributed by atoms with Crippen molar-refractivity contribution in [1.29, 1.82) is 5.26 Å². The van der Waals surface area contributed by atoms with Gasteiger partial charge in [0, 0.05) is 0 Å². The summed E-state index contributed by atoms with van der Waals surface area (Å²) in [4.78, 5) is 15.3. The summed E-state index contributed by atoms with van der Waals surface area (Å²) in [5, 5.41) is 8.94. The van der Waals surface area contributed by atoms with Crippen LogP contribution in [0.15, 0.2) is 70.0 Å². The molecule has 1 aliphatic rings. The van der Waals surface area contributed by atoms with Gasteiger partial charge in [-0.2, -0.15) is 5.26 Å². The maximum atomic E-state index is 13.1. The van der Waals surface area contributed by atoms with Crippen molar-refractivity contribution in [2.24, 2.45) is 0 Å². The fourth-order valence-electron chi connectivity index (χ4n) is 3.44. The zero-order valence-electron chi connectivity index (χ0n) is 18.4. The average molecular weight is 551 g/mol. The molecule has 1 heterocycles. The van der Waals surface area contributed by atoms with E-state index >= 15 is 0 Å². The van der Waals surface area contributed by atoms with Crippen molar-refractivity contribution in [2.45, 2.75) is 13.5 Å². The van der Waals surface area contributed by atoms with Gasteiger partial charge in [-0.05, 0) is 76.0 Å². The van der Waals surface area contributed by atoms with E-state index in [1.165, 1.54) is 11.8 Å². The predicted molar refractivity (Wildman–Crippen MR) is 143 cm³/mol. The highest BCUT2D eigenvalue weighted by molar-refractivity contribution is 9.10. The van der Waals surface area contributed by atoms with E-state index in [2.05, 4.69) is 22.0 Å². The molecule has 0 saturated carbocycles. The van der Waals surface area contributed by atoms with Crippen LogP contribution >= 0.6 is 39.9 Å². The van der Waals surface area contributed by atoms with Crippen molar-refractivity contribution in [1.82, 2.24) is 0 Å². The lowest BCUT2D eigenvalue weighted by molar-refractivity contribution is -0.113. The number of hydrogen-bond acceptors (Lipinski definition) is 6. The highest BCUT2D eigenvalue weighted by Gasteiger charge is 2.34. The Balaban J connectivity index is 1.57. The number of nitriles is 1. The van der Waals surface area contributed by atoms with Crippen LogP contribution in [0, 0.1) is 18.3 Å². The molecule has 8 heteroatoms. The van der Waals surface area contributed by atoms with Gasteiger partial charge in [-0.25, -0.2) is 0 Å². The second kappa shape index (κ2) is 10.4. The molecule has 0 unspecified atom stereocenters. The number of halogens is 1. The molecule has 4 rings (SSSR count). The summed E-state index contributed by atoms with van der Waals surface area (Å²) < 4.78 is 12.7. The van der Waals surface area contributed by atoms with Crippen LogP contribution in [-0.4, -0.2) is 17.3 Å². The fraction of sp³-hybridized carbons (Fsp3) is 0.115. The van der Waals surface area contributed by atoms with E-state index in [4.69, 9.17) is 27.0 Å². The fourth-order valence-corrected chi connectivity index (χ4v) is 5.29. The second-order valence-electron chi connectivity index (χ2n) is 7.44. The molecule has 0 aliphatic carbocycles. The third-order valence-corrected chi connectivity index (χ3v) is 7.06. The Morgan fingerprint density at radius 2 is 1.91 bits per heavy atom. The molecule has 5 nitrogen and oxygen atoms in total. The molecular formula is C26H19BrN2O3S2. The van der Waals surface area contributed by atoms with Crippen molar-refractivity contribution in [3.63, 3.8) is 0 Å². The van der Waals surface area contributed by atoms with Crippen molar-refractivity contribution in [2.75, 3.05) is 12.0 Å². The van der Waals surface area contributed by atoms with Gasteiger partial charge in [0.25, 0.3) is 5.91 Å². The zero-order valence-corrected chi connectivity index (χ0v) is 21.6. The van der Waals surface area contributed by atoms with Crippen LogP contribution in [0.3, 0.4) is 0 Å². The van der Waals surface area contributed by atoms with Gasteiger partial charge in [0.2, 0.25) is 0 Å². The molecule has 0 aromatic heterocycles. The molecule has 0 radical (unpaired) electrons. The minimum atomic E-state index is -0.152. The van der Waals surface area contributed by atoms with Crippen LogP contribution in [-0.2, 0) is 11.4 Å². The van der Waals surface area contributed by atoms with E-state index in [1.54, 1.807) is 30.2 Å². The van der Waals surface area contributed by atoms with Gasteiger partial charge in [-0.1, -0.05) is 54.3 Å². The average Bonchev–Trinajstić information content (AvgIpc) is 3.11. The maximum Gasteiger partial charge on any atom is 0.270 e. The topological polar surface area (TPSA) is 62.6 Å². The Morgan fingerprint density at radius 1 is 1.18 bits per heavy atom. The number of nitrogens with zero attached hydrogens (tertiary/aromatic N) is 2. The minimum absolute atomic E-state index is 0.152. The maximum absolute atomic E-state index is 13.1. The van der Waals surface area contributed by atoms with Crippen LogP contribution in [0.5, 0.6) is 11.5 Å². The largest absolute Gasteiger partial charge is 0.493 e. The predicted octanol–water partition coefficient (Wildman–Crippen LogP) is 6.62. The van der Waals surface area contributed by atoms with Crippen LogP contribution in [0.1, 0.15) is 22.3 Å². The lowest BCUT2D eigenvalue weighted by Crippen LogP contribution is -2.28. The summed E-state index contributed by atoms with van der Waals surface area (Å²) >= 11 is 10.3. The number of rotatable bonds is 6. The molecular weight excluding hydrogens is 532 g/mol. The summed E-state index contributed by atoms with van der Waals surface area (Å²) in [6, 6.07) is 20.7. The summed E-state index contributed by atoms with van der Waals surface area (Å²) in [5.74, 6) is 0.931. The van der Waals surface area contributed by atoms with Gasteiger partial charge in [0.15, 0.2) is 15.8 Å². The smallest absolute Gasteiger partial charge is 0.270 e. The molecule has 0 N–H and O–H groups in total. The number of para-hydroxylation sites is 1.